The summed E-state index contributed by atoms with van der Waals surface area (Å²) in [7, 11) is 0. The lowest BCUT2D eigenvalue weighted by Crippen LogP contribution is -2.49. The second-order valence-electron chi connectivity index (χ2n) is 11.7. The molecule has 0 spiro atoms. The van der Waals surface area contributed by atoms with Crippen molar-refractivity contribution in [2.75, 3.05) is 6.54 Å². The van der Waals surface area contributed by atoms with Crippen LogP contribution >= 0.6 is 0 Å². The Morgan fingerprint density at radius 2 is 1.82 bits per heavy atom. The Morgan fingerprint density at radius 1 is 1.08 bits per heavy atom. The van der Waals surface area contributed by atoms with Crippen molar-refractivity contribution in [2.24, 2.45) is 28.1 Å². The highest BCUT2D eigenvalue weighted by Gasteiger charge is 2.33. The fraction of sp³-hybridized carbons (Fsp3) is 0.600. The Balaban J connectivity index is 1.50. The number of guanidine groups is 1. The van der Waals surface area contributed by atoms with Gasteiger partial charge in [0.1, 0.15) is 5.75 Å². The van der Waals surface area contributed by atoms with E-state index in [0.29, 0.717) is 36.9 Å². The zero-order valence-corrected chi connectivity index (χ0v) is 23.3. The summed E-state index contributed by atoms with van der Waals surface area (Å²) < 4.78 is 12.3. The summed E-state index contributed by atoms with van der Waals surface area (Å²) in [5, 5.41) is 0. The van der Waals surface area contributed by atoms with Crippen LogP contribution in [0.25, 0.3) is 0 Å². The van der Waals surface area contributed by atoms with Gasteiger partial charge in [0, 0.05) is 36.8 Å². The lowest BCUT2D eigenvalue weighted by Gasteiger charge is -2.41. The maximum atomic E-state index is 6.60. The quantitative estimate of drug-likeness (QED) is 0.369. The predicted octanol–water partition coefficient (Wildman–Crippen LogP) is 5.22. The second kappa shape index (κ2) is 12.9. The highest BCUT2D eigenvalue weighted by atomic mass is 16.5. The molecule has 0 radical (unpaired) electrons. The Morgan fingerprint density at radius 3 is 2.50 bits per heavy atom. The summed E-state index contributed by atoms with van der Waals surface area (Å²) in [6.45, 7) is 7.32. The van der Waals surface area contributed by atoms with Crippen LogP contribution in [-0.4, -0.2) is 46.2 Å². The molecule has 3 unspecified atom stereocenters. The van der Waals surface area contributed by atoms with E-state index in [1.807, 2.05) is 36.4 Å². The highest BCUT2D eigenvalue weighted by molar-refractivity contribution is 5.83. The number of pyridine rings is 1. The van der Waals surface area contributed by atoms with E-state index in [-0.39, 0.29) is 17.7 Å². The van der Waals surface area contributed by atoms with Crippen molar-refractivity contribution in [3.8, 4) is 11.6 Å². The number of hydrogen-bond acceptors (Lipinski definition) is 8. The summed E-state index contributed by atoms with van der Waals surface area (Å²) in [4.78, 5) is 11.5. The van der Waals surface area contributed by atoms with Crippen LogP contribution in [0.3, 0.4) is 0 Å². The molecule has 1 fully saturated rings. The van der Waals surface area contributed by atoms with Crippen LogP contribution in [0, 0.1) is 5.92 Å². The van der Waals surface area contributed by atoms with E-state index in [2.05, 4.69) is 30.7 Å². The Bertz CT molecular complexity index is 1050. The zero-order valence-electron chi connectivity index (χ0n) is 23.3. The number of ether oxygens (including phenoxy) is 2. The maximum absolute atomic E-state index is 6.60. The SMILES string of the molecule is CC(C)(C)OC(CCCC(C1CCCCC1)N1Cc2cc(Oc3ccccc3)ncc2N=C1N)C(N)CN. The maximum Gasteiger partial charge on any atom is 0.219 e. The molecule has 1 aromatic heterocycles. The number of aliphatic imine (C=N–C) groups is 1. The van der Waals surface area contributed by atoms with E-state index < -0.39 is 0 Å². The van der Waals surface area contributed by atoms with Crippen LogP contribution in [0.4, 0.5) is 5.69 Å². The molecule has 6 N–H and O–H groups in total. The largest absolute Gasteiger partial charge is 0.439 e. The van der Waals surface area contributed by atoms with E-state index in [4.69, 9.17) is 31.7 Å². The van der Waals surface area contributed by atoms with Crippen LogP contribution in [-0.2, 0) is 11.3 Å². The fourth-order valence-electron chi connectivity index (χ4n) is 5.76. The zero-order chi connectivity index (χ0) is 27.1. The first-order valence-electron chi connectivity index (χ1n) is 14.2. The molecule has 1 saturated carbocycles. The fourth-order valence-corrected chi connectivity index (χ4v) is 5.76. The summed E-state index contributed by atoms with van der Waals surface area (Å²) >= 11 is 0. The van der Waals surface area contributed by atoms with Gasteiger partial charge in [0.2, 0.25) is 5.88 Å². The molecule has 8 heteroatoms. The third-order valence-electron chi connectivity index (χ3n) is 7.61. The third kappa shape index (κ3) is 7.68. The van der Waals surface area contributed by atoms with Crippen molar-refractivity contribution in [3.05, 3.63) is 48.2 Å². The first kappa shape index (κ1) is 28.3. The molecular weight excluding hydrogens is 476 g/mol. The van der Waals surface area contributed by atoms with Crippen molar-refractivity contribution < 1.29 is 9.47 Å². The lowest BCUT2D eigenvalue weighted by atomic mass is 9.80. The minimum atomic E-state index is -0.262. The second-order valence-corrected chi connectivity index (χ2v) is 11.7. The number of para-hydroxylation sites is 1. The Labute approximate surface area is 228 Å². The minimum absolute atomic E-state index is 0.0659. The van der Waals surface area contributed by atoms with E-state index in [1.54, 1.807) is 6.20 Å². The standard InChI is InChI=1S/C30H46N6O2/c1-30(2,3)38-27(24(32)18-31)16-10-15-26(21-11-6-4-7-12-21)36-20-22-17-28(34-19-25(22)35-29(36)33)37-23-13-8-5-9-14-23/h5,8-9,13-14,17,19,21,24,26-27H,4,6-7,10-12,15-16,18,20,31-32H2,1-3H3,(H2,33,35). The molecule has 2 aliphatic rings. The van der Waals surface area contributed by atoms with Gasteiger partial charge in [-0.1, -0.05) is 37.5 Å². The van der Waals surface area contributed by atoms with Gasteiger partial charge in [-0.25, -0.2) is 9.98 Å². The van der Waals surface area contributed by atoms with Crippen molar-refractivity contribution in [1.29, 1.82) is 0 Å². The normalized spacial score (nSPS) is 18.9. The van der Waals surface area contributed by atoms with E-state index in [0.717, 1.165) is 36.3 Å². The van der Waals surface area contributed by atoms with Crippen LogP contribution in [0.15, 0.2) is 47.6 Å². The lowest BCUT2D eigenvalue weighted by molar-refractivity contribution is -0.0734. The summed E-state index contributed by atoms with van der Waals surface area (Å²) in [6, 6.07) is 11.9. The molecule has 1 aliphatic carbocycles. The van der Waals surface area contributed by atoms with Crippen LogP contribution in [0.1, 0.15) is 77.7 Å². The topological polar surface area (TPSA) is 125 Å². The van der Waals surface area contributed by atoms with Gasteiger partial charge in [0.25, 0.3) is 0 Å². The van der Waals surface area contributed by atoms with Crippen molar-refractivity contribution in [3.63, 3.8) is 0 Å². The number of hydrogen-bond donors (Lipinski definition) is 3. The van der Waals surface area contributed by atoms with Crippen LogP contribution < -0.4 is 21.9 Å². The van der Waals surface area contributed by atoms with Gasteiger partial charge in [0.05, 0.1) is 23.6 Å². The van der Waals surface area contributed by atoms with Crippen molar-refractivity contribution in [2.45, 2.75) is 102 Å². The molecular formula is C30H46N6O2. The summed E-state index contributed by atoms with van der Waals surface area (Å²) in [5.74, 6) is 2.50. The van der Waals surface area contributed by atoms with E-state index in [1.165, 1.54) is 32.1 Å². The molecule has 1 aliphatic heterocycles. The van der Waals surface area contributed by atoms with Gasteiger partial charge in [-0.05, 0) is 70.9 Å². The molecule has 0 saturated heterocycles. The van der Waals surface area contributed by atoms with Crippen molar-refractivity contribution >= 4 is 11.6 Å². The molecule has 0 amide bonds. The molecule has 0 bridgehead atoms. The van der Waals surface area contributed by atoms with Crippen molar-refractivity contribution in [1.82, 2.24) is 9.88 Å². The number of nitrogens with two attached hydrogens (primary N) is 3. The van der Waals surface area contributed by atoms with Gasteiger partial charge in [-0.2, -0.15) is 0 Å². The average molecular weight is 523 g/mol. The Hall–Kier alpha value is -2.68. The van der Waals surface area contributed by atoms with Crippen LogP contribution in [0.5, 0.6) is 11.6 Å². The summed E-state index contributed by atoms with van der Waals surface area (Å²) in [6.07, 6.45) is 10.9. The highest BCUT2D eigenvalue weighted by Crippen LogP contribution is 2.36. The van der Waals surface area contributed by atoms with Gasteiger partial charge in [-0.15, -0.1) is 0 Å². The first-order chi connectivity index (χ1) is 18.2. The molecule has 4 rings (SSSR count). The molecule has 3 atom stereocenters. The monoisotopic (exact) mass is 522 g/mol. The van der Waals surface area contributed by atoms with Gasteiger partial charge >= 0.3 is 0 Å². The molecule has 1 aromatic carbocycles. The predicted molar refractivity (Wildman–Crippen MR) is 153 cm³/mol. The number of nitrogens with zero attached hydrogens (tertiary/aromatic N) is 3. The molecule has 2 heterocycles. The number of benzene rings is 1. The Kier molecular flexibility index (Phi) is 9.63. The molecule has 38 heavy (non-hydrogen) atoms. The summed E-state index contributed by atoms with van der Waals surface area (Å²) in [5.41, 5.74) is 20.5. The van der Waals surface area contributed by atoms with Gasteiger partial charge in [0.15, 0.2) is 5.96 Å². The van der Waals surface area contributed by atoms with Gasteiger partial charge < -0.3 is 31.6 Å². The number of fused-ring (bicyclic) bond motifs is 1. The van der Waals surface area contributed by atoms with E-state index in [9.17, 15) is 0 Å². The molecule has 2 aromatic rings. The first-order valence-corrected chi connectivity index (χ1v) is 14.2. The van der Waals surface area contributed by atoms with Gasteiger partial charge in [-0.3, -0.25) is 0 Å². The van der Waals surface area contributed by atoms with E-state index >= 15 is 0 Å². The van der Waals surface area contributed by atoms with Crippen LogP contribution in [0.2, 0.25) is 0 Å². The molecule has 8 nitrogen and oxygen atoms in total. The minimum Gasteiger partial charge on any atom is -0.439 e. The average Bonchev–Trinajstić information content (AvgIpc) is 2.90. The molecule has 208 valence electrons. The third-order valence-corrected chi connectivity index (χ3v) is 7.61. The number of aromatic nitrogens is 1. The number of rotatable bonds is 11. The smallest absolute Gasteiger partial charge is 0.219 e.